The topological polar surface area (TPSA) is 46.6 Å². The summed E-state index contributed by atoms with van der Waals surface area (Å²) in [7, 11) is 1.29. The number of nitrogens with zero attached hydrogens (tertiary/aromatic N) is 1. The number of hydrogen-bond acceptors (Lipinski definition) is 3. The summed E-state index contributed by atoms with van der Waals surface area (Å²) in [5, 5.41) is 0.745. The van der Waals surface area contributed by atoms with Gasteiger partial charge in [-0.3, -0.25) is 14.4 Å². The molecule has 0 atom stereocenters. The number of carbonyl (C=O) groups excluding carboxylic acids is 2. The number of benzene rings is 1. The largest absolute Gasteiger partial charge is 0.285 e. The summed E-state index contributed by atoms with van der Waals surface area (Å²) in [6.45, 7) is 1.96. The fourth-order valence-electron chi connectivity index (χ4n) is 1.57. The van der Waals surface area contributed by atoms with Crippen LogP contribution in [0.15, 0.2) is 30.3 Å². The van der Waals surface area contributed by atoms with Crippen molar-refractivity contribution in [2.75, 3.05) is 7.11 Å². The summed E-state index contributed by atoms with van der Waals surface area (Å²) < 4.78 is 0. The summed E-state index contributed by atoms with van der Waals surface area (Å²) in [5.41, 5.74) is 2.19. The normalized spacial score (nSPS) is 15.6. The number of amides is 2. The van der Waals surface area contributed by atoms with Crippen molar-refractivity contribution in [3.05, 3.63) is 41.5 Å². The Labute approximate surface area is 93.1 Å². The molecule has 0 aromatic heterocycles. The molecule has 1 aromatic carbocycles. The van der Waals surface area contributed by atoms with Gasteiger partial charge in [0.1, 0.15) is 0 Å². The number of imide groups is 1. The molecule has 0 unspecified atom stereocenters. The number of carbonyl (C=O) groups is 2. The highest BCUT2D eigenvalue weighted by atomic mass is 16.7. The highest BCUT2D eigenvalue weighted by Gasteiger charge is 2.32. The van der Waals surface area contributed by atoms with Crippen molar-refractivity contribution >= 4 is 17.4 Å². The third kappa shape index (κ3) is 1.63. The van der Waals surface area contributed by atoms with Gasteiger partial charge in [-0.2, -0.15) is 0 Å². The van der Waals surface area contributed by atoms with E-state index in [1.54, 1.807) is 0 Å². The third-order valence-electron chi connectivity index (χ3n) is 2.43. The van der Waals surface area contributed by atoms with Gasteiger partial charge < -0.3 is 0 Å². The first-order chi connectivity index (χ1) is 7.63. The maximum Gasteiger partial charge on any atom is 0.285 e. The molecule has 0 N–H and O–H groups in total. The maximum absolute atomic E-state index is 11.7. The van der Waals surface area contributed by atoms with Gasteiger partial charge in [0.25, 0.3) is 11.8 Å². The van der Waals surface area contributed by atoms with Crippen LogP contribution in [0.2, 0.25) is 0 Å². The summed E-state index contributed by atoms with van der Waals surface area (Å²) in [5.74, 6) is -0.862. The number of hydrogen-bond donors (Lipinski definition) is 0. The molecule has 82 valence electrons. The van der Waals surface area contributed by atoms with Crippen LogP contribution in [0, 0.1) is 6.92 Å². The molecule has 2 amide bonds. The zero-order chi connectivity index (χ0) is 11.7. The Morgan fingerprint density at radius 2 is 1.75 bits per heavy atom. The fourth-order valence-corrected chi connectivity index (χ4v) is 1.57. The third-order valence-corrected chi connectivity index (χ3v) is 2.43. The van der Waals surface area contributed by atoms with Crippen molar-refractivity contribution in [3.8, 4) is 0 Å². The summed E-state index contributed by atoms with van der Waals surface area (Å²) in [6, 6.07) is 7.41. The second-order valence-corrected chi connectivity index (χ2v) is 3.54. The molecule has 0 radical (unpaired) electrons. The highest BCUT2D eigenvalue weighted by molar-refractivity contribution is 6.32. The first-order valence-electron chi connectivity index (χ1n) is 4.85. The molecule has 1 aliphatic rings. The molecule has 0 aliphatic carbocycles. The van der Waals surface area contributed by atoms with Gasteiger partial charge in [0.05, 0.1) is 12.7 Å². The molecule has 1 aromatic rings. The van der Waals surface area contributed by atoms with Crippen molar-refractivity contribution in [1.82, 2.24) is 5.06 Å². The van der Waals surface area contributed by atoms with E-state index >= 15 is 0 Å². The molecule has 1 heterocycles. The average molecular weight is 217 g/mol. The van der Waals surface area contributed by atoms with Crippen LogP contribution >= 0.6 is 0 Å². The number of rotatable bonds is 2. The van der Waals surface area contributed by atoms with E-state index in [2.05, 4.69) is 0 Å². The minimum absolute atomic E-state index is 0.367. The van der Waals surface area contributed by atoms with Gasteiger partial charge >= 0.3 is 0 Å². The first-order valence-corrected chi connectivity index (χ1v) is 4.85. The summed E-state index contributed by atoms with van der Waals surface area (Å²) in [4.78, 5) is 27.8. The number of hydroxylamine groups is 2. The predicted molar refractivity (Wildman–Crippen MR) is 58.0 cm³/mol. The van der Waals surface area contributed by atoms with Crippen molar-refractivity contribution < 1.29 is 14.4 Å². The smallest absolute Gasteiger partial charge is 0.267 e. The monoisotopic (exact) mass is 217 g/mol. The Bertz CT molecular complexity index is 474. The molecular weight excluding hydrogens is 206 g/mol. The van der Waals surface area contributed by atoms with Crippen molar-refractivity contribution in [3.63, 3.8) is 0 Å². The Kier molecular flexibility index (Phi) is 2.58. The van der Waals surface area contributed by atoms with Crippen LogP contribution in [0.25, 0.3) is 5.57 Å². The maximum atomic E-state index is 11.7. The van der Waals surface area contributed by atoms with Crippen LogP contribution in [0.3, 0.4) is 0 Å². The lowest BCUT2D eigenvalue weighted by atomic mass is 10.1. The van der Waals surface area contributed by atoms with Crippen molar-refractivity contribution in [2.24, 2.45) is 0 Å². The molecule has 4 nitrogen and oxygen atoms in total. The van der Waals surface area contributed by atoms with Gasteiger partial charge in [0.15, 0.2) is 0 Å². The molecule has 2 rings (SSSR count). The zero-order valence-electron chi connectivity index (χ0n) is 9.06. The number of aryl methyl sites for hydroxylation is 1. The molecular formula is C12H11NO3. The summed E-state index contributed by atoms with van der Waals surface area (Å²) in [6.07, 6.45) is 1.29. The molecule has 0 spiro atoms. The minimum Gasteiger partial charge on any atom is -0.267 e. The van der Waals surface area contributed by atoms with E-state index < -0.39 is 11.8 Å². The van der Waals surface area contributed by atoms with Crippen LogP contribution < -0.4 is 0 Å². The standard InChI is InChI=1S/C12H11NO3/c1-8-3-5-9(6-4-8)10-7-11(14)13(16-2)12(10)15/h3-7H,1-2H3. The Morgan fingerprint density at radius 1 is 1.12 bits per heavy atom. The quantitative estimate of drug-likeness (QED) is 0.702. The molecule has 0 fully saturated rings. The van der Waals surface area contributed by atoms with Gasteiger partial charge in [-0.15, -0.1) is 5.06 Å². The van der Waals surface area contributed by atoms with Crippen LogP contribution in [-0.2, 0) is 14.4 Å². The zero-order valence-corrected chi connectivity index (χ0v) is 9.06. The molecule has 1 aliphatic heterocycles. The van der Waals surface area contributed by atoms with E-state index in [0.717, 1.165) is 16.2 Å². The lowest BCUT2D eigenvalue weighted by molar-refractivity contribution is -0.176. The van der Waals surface area contributed by atoms with Crippen LogP contribution in [0.1, 0.15) is 11.1 Å². The van der Waals surface area contributed by atoms with Gasteiger partial charge in [0, 0.05) is 6.08 Å². The lowest BCUT2D eigenvalue weighted by Gasteiger charge is -2.10. The van der Waals surface area contributed by atoms with Gasteiger partial charge in [0.2, 0.25) is 0 Å². The first kappa shape index (κ1) is 10.6. The second kappa shape index (κ2) is 3.90. The highest BCUT2D eigenvalue weighted by Crippen LogP contribution is 2.23. The SMILES string of the molecule is CON1C(=O)C=C(c2ccc(C)cc2)C1=O. The average Bonchev–Trinajstić information content (AvgIpc) is 2.55. The van der Waals surface area contributed by atoms with E-state index in [-0.39, 0.29) is 0 Å². The van der Waals surface area contributed by atoms with Gasteiger partial charge in [-0.1, -0.05) is 29.8 Å². The minimum atomic E-state index is -0.442. The molecule has 0 bridgehead atoms. The van der Waals surface area contributed by atoms with Crippen LogP contribution in [0.5, 0.6) is 0 Å². The van der Waals surface area contributed by atoms with E-state index in [1.807, 2.05) is 31.2 Å². The molecule has 4 heteroatoms. The van der Waals surface area contributed by atoms with Crippen LogP contribution in [-0.4, -0.2) is 24.0 Å². The van der Waals surface area contributed by atoms with E-state index in [9.17, 15) is 9.59 Å². The lowest BCUT2D eigenvalue weighted by Crippen LogP contribution is -2.29. The molecule has 16 heavy (non-hydrogen) atoms. The van der Waals surface area contributed by atoms with Gasteiger partial charge in [-0.05, 0) is 12.5 Å². The van der Waals surface area contributed by atoms with E-state index in [1.165, 1.54) is 13.2 Å². The Hall–Kier alpha value is -1.94. The van der Waals surface area contributed by atoms with Crippen molar-refractivity contribution in [1.29, 1.82) is 0 Å². The van der Waals surface area contributed by atoms with Crippen molar-refractivity contribution in [2.45, 2.75) is 6.92 Å². The van der Waals surface area contributed by atoms with Crippen LogP contribution in [0.4, 0.5) is 0 Å². The molecule has 0 saturated heterocycles. The fraction of sp³-hybridized carbons (Fsp3) is 0.167. The van der Waals surface area contributed by atoms with Gasteiger partial charge in [-0.25, -0.2) is 0 Å². The van der Waals surface area contributed by atoms with E-state index in [4.69, 9.17) is 4.84 Å². The summed E-state index contributed by atoms with van der Waals surface area (Å²) >= 11 is 0. The molecule has 0 saturated carbocycles. The second-order valence-electron chi connectivity index (χ2n) is 3.54. The Balaban J connectivity index is 2.36. The predicted octanol–water partition coefficient (Wildman–Crippen LogP) is 1.31. The van der Waals surface area contributed by atoms with E-state index in [0.29, 0.717) is 5.57 Å². The Morgan fingerprint density at radius 3 is 2.25 bits per heavy atom.